The summed E-state index contributed by atoms with van der Waals surface area (Å²) in [4.78, 5) is 72.3. The van der Waals surface area contributed by atoms with E-state index >= 15 is 0 Å². The molecule has 7 N–H and O–H groups in total. The van der Waals surface area contributed by atoms with Gasteiger partial charge < -0.3 is 36.9 Å². The van der Waals surface area contributed by atoms with Gasteiger partial charge >= 0.3 is 0 Å². The third-order valence-electron chi connectivity index (χ3n) is 11.9. The predicted octanol–water partition coefficient (Wildman–Crippen LogP) is 6.78. The number of hydrogen-bond acceptors (Lipinski definition) is 10. The van der Waals surface area contributed by atoms with Crippen molar-refractivity contribution in [3.8, 4) is 46.1 Å². The van der Waals surface area contributed by atoms with Crippen molar-refractivity contribution >= 4 is 29.2 Å². The van der Waals surface area contributed by atoms with Crippen molar-refractivity contribution in [1.29, 1.82) is 0 Å². The fourth-order valence-electron chi connectivity index (χ4n) is 8.26. The van der Waals surface area contributed by atoms with Crippen molar-refractivity contribution in [3.05, 3.63) is 107 Å². The van der Waals surface area contributed by atoms with Crippen LogP contribution in [0.5, 0.6) is 11.5 Å². The number of likely N-dealkylation sites (N-methyl/N-ethyl adjacent to an activating group) is 1. The van der Waals surface area contributed by atoms with Crippen LogP contribution in [0.2, 0.25) is 0 Å². The van der Waals surface area contributed by atoms with Gasteiger partial charge in [-0.25, -0.2) is 0 Å². The van der Waals surface area contributed by atoms with E-state index in [-0.39, 0.29) is 70.0 Å². The minimum Gasteiger partial charge on any atom is -0.492 e. The minimum absolute atomic E-state index is 0.0557. The number of amides is 2. The molecule has 0 spiro atoms. The molecule has 0 saturated carbocycles. The lowest BCUT2D eigenvalue weighted by molar-refractivity contribution is -0.142. The molecule has 344 valence electrons. The number of aryl methyl sites for hydroxylation is 1. The normalized spacial score (nSPS) is 16.7. The first-order chi connectivity index (χ1) is 31.4. The fraction of sp³-hybridized carbons (Fsp3) is 0.415. The first-order valence-electron chi connectivity index (χ1n) is 22.8. The van der Waals surface area contributed by atoms with Crippen molar-refractivity contribution in [3.63, 3.8) is 0 Å². The van der Waals surface area contributed by atoms with Gasteiger partial charge in [-0.3, -0.25) is 24.0 Å². The second-order valence-corrected chi connectivity index (χ2v) is 16.9. The number of ketones is 3. The van der Waals surface area contributed by atoms with E-state index in [0.29, 0.717) is 53.1 Å². The molecule has 0 unspecified atom stereocenters. The van der Waals surface area contributed by atoms with Crippen LogP contribution in [0, 0.1) is 24.2 Å². The molecule has 1 heterocycles. The number of rotatable bonds is 21. The van der Waals surface area contributed by atoms with Crippen LogP contribution in [0.15, 0.2) is 84.9 Å². The smallest absolute Gasteiger partial charge is 0.226 e. The minimum atomic E-state index is -1.18. The standard InChI is InChI=1S/C53H65N5O7/c1-5-7-10-36-13-16-38(17-14-36)39-18-20-40(21-19-39)47(60)34-42(11-9-25-54)53(63)58(4)51-41-22-24-50(65-29-27-56)44(33-41)43-31-37(15-23-49(43)64-28-26-55)32-45(46(59)12-8-6-2)57-52(62)35(3)30-48(51)61/h2,13-24,31,33,35,42,45,51H,5,7-12,25-30,32,34,54-56H2,1,3-4H3,(H,57,62)/t35-,42-,45+,51+/m1/s1. The molecule has 0 saturated heterocycles. The number of nitrogens with two attached hydrogens (primary N) is 3. The summed E-state index contributed by atoms with van der Waals surface area (Å²) in [6.07, 6.45) is 9.64. The molecule has 4 aromatic rings. The number of carbonyl (C=O) groups excluding carboxylic acids is 5. The number of hydrogen-bond donors (Lipinski definition) is 4. The van der Waals surface area contributed by atoms with Crippen molar-refractivity contribution < 1.29 is 33.4 Å². The van der Waals surface area contributed by atoms with E-state index in [1.165, 1.54) is 10.5 Å². The molecule has 0 fully saturated rings. The average molecular weight is 884 g/mol. The molecule has 0 aromatic heterocycles. The molecule has 1 aliphatic rings. The quantitative estimate of drug-likeness (QED) is 0.0511. The van der Waals surface area contributed by atoms with E-state index in [0.717, 1.165) is 36.0 Å². The zero-order valence-electron chi connectivity index (χ0n) is 38.1. The second kappa shape index (κ2) is 24.8. The van der Waals surface area contributed by atoms with Crippen LogP contribution in [0.4, 0.5) is 0 Å². The lowest BCUT2D eigenvalue weighted by Gasteiger charge is -2.32. The maximum absolute atomic E-state index is 14.8. The fourth-order valence-corrected chi connectivity index (χ4v) is 8.26. The summed E-state index contributed by atoms with van der Waals surface area (Å²) in [5.74, 6) is -0.0310. The summed E-state index contributed by atoms with van der Waals surface area (Å²) in [5, 5.41) is 2.90. The Labute approximate surface area is 384 Å². The SMILES string of the molecule is C#CCCC(=O)[C@@H]1Cc2ccc(OCCN)c(c2)-c2cc(ccc2OCCN)[C@H](N(C)C(=O)[C@H](CCCN)CC(=O)c2ccc(-c3ccc(CCCC)cc3)cc2)C(=O)C[C@@H](C)C(=O)N1. The Morgan fingerprint density at radius 3 is 2.08 bits per heavy atom. The first-order valence-corrected chi connectivity index (χ1v) is 22.8. The number of Topliss-reactive ketones (excluding diaryl/α,β-unsaturated/α-hetero) is 3. The van der Waals surface area contributed by atoms with Crippen LogP contribution in [-0.2, 0) is 32.0 Å². The lowest BCUT2D eigenvalue weighted by atomic mass is 9.87. The molecule has 4 atom stereocenters. The number of carbonyl (C=O) groups is 5. The Morgan fingerprint density at radius 2 is 1.46 bits per heavy atom. The Morgan fingerprint density at radius 1 is 0.831 bits per heavy atom. The highest BCUT2D eigenvalue weighted by Gasteiger charge is 2.36. The Hall–Kier alpha value is -6.13. The van der Waals surface area contributed by atoms with Crippen LogP contribution < -0.4 is 32.0 Å². The zero-order valence-corrected chi connectivity index (χ0v) is 38.1. The molecule has 4 aromatic carbocycles. The summed E-state index contributed by atoms with van der Waals surface area (Å²) in [6, 6.07) is 24.4. The van der Waals surface area contributed by atoms with Gasteiger partial charge in [-0.1, -0.05) is 80.9 Å². The van der Waals surface area contributed by atoms with E-state index in [1.807, 2.05) is 24.3 Å². The van der Waals surface area contributed by atoms with Gasteiger partial charge in [-0.05, 0) is 90.7 Å². The maximum Gasteiger partial charge on any atom is 0.226 e. The number of fused-ring (bicyclic) bond motifs is 5. The predicted molar refractivity (Wildman–Crippen MR) is 255 cm³/mol. The van der Waals surface area contributed by atoms with Gasteiger partial charge in [0, 0.05) is 74.3 Å². The summed E-state index contributed by atoms with van der Waals surface area (Å²) >= 11 is 0. The molecule has 5 rings (SSSR count). The van der Waals surface area contributed by atoms with Crippen molar-refractivity contribution in [1.82, 2.24) is 10.2 Å². The maximum atomic E-state index is 14.8. The highest BCUT2D eigenvalue weighted by molar-refractivity contribution is 6.00. The molecule has 2 amide bonds. The number of terminal acetylenes is 1. The topological polar surface area (TPSA) is 197 Å². The van der Waals surface area contributed by atoms with Crippen LogP contribution >= 0.6 is 0 Å². The Balaban J connectivity index is 1.54. The monoisotopic (exact) mass is 883 g/mol. The molecule has 65 heavy (non-hydrogen) atoms. The third-order valence-corrected chi connectivity index (χ3v) is 11.9. The van der Waals surface area contributed by atoms with Crippen LogP contribution in [0.25, 0.3) is 22.3 Å². The molecule has 1 aliphatic heterocycles. The van der Waals surface area contributed by atoms with Crippen LogP contribution in [0.3, 0.4) is 0 Å². The van der Waals surface area contributed by atoms with E-state index < -0.39 is 41.5 Å². The number of ether oxygens (including phenoxy) is 2. The molecule has 0 aliphatic carbocycles. The van der Waals surface area contributed by atoms with E-state index in [9.17, 15) is 24.0 Å². The highest BCUT2D eigenvalue weighted by atomic mass is 16.5. The first kappa shape index (κ1) is 49.9. The molecule has 0 radical (unpaired) electrons. The number of unbranched alkanes of at least 4 members (excludes halogenated alkanes) is 1. The number of nitrogens with zero attached hydrogens (tertiary/aromatic N) is 1. The third kappa shape index (κ3) is 13.5. The summed E-state index contributed by atoms with van der Waals surface area (Å²) in [7, 11) is 1.55. The van der Waals surface area contributed by atoms with Gasteiger partial charge in [0.1, 0.15) is 30.8 Å². The summed E-state index contributed by atoms with van der Waals surface area (Å²) in [5.41, 5.74) is 23.8. The molecule has 4 bridgehead atoms. The molecular formula is C53H65N5O7. The average Bonchev–Trinajstić information content (AvgIpc) is 3.32. The number of nitrogens with one attached hydrogen (secondary N) is 1. The van der Waals surface area contributed by atoms with Crippen molar-refractivity contribution in [2.24, 2.45) is 29.0 Å². The van der Waals surface area contributed by atoms with E-state index in [4.69, 9.17) is 33.1 Å². The van der Waals surface area contributed by atoms with Crippen molar-refractivity contribution in [2.75, 3.05) is 39.9 Å². The van der Waals surface area contributed by atoms with E-state index in [2.05, 4.69) is 42.4 Å². The van der Waals surface area contributed by atoms with Crippen molar-refractivity contribution in [2.45, 2.75) is 90.1 Å². The lowest BCUT2D eigenvalue weighted by Crippen LogP contribution is -2.45. The highest BCUT2D eigenvalue weighted by Crippen LogP contribution is 2.41. The Kier molecular flexibility index (Phi) is 19.0. The van der Waals surface area contributed by atoms with Crippen LogP contribution in [-0.4, -0.2) is 80.0 Å². The molecule has 12 heteroatoms. The number of benzene rings is 4. The van der Waals surface area contributed by atoms with Gasteiger partial charge in [0.05, 0.1) is 6.04 Å². The van der Waals surface area contributed by atoms with Gasteiger partial charge in [-0.2, -0.15) is 0 Å². The second-order valence-electron chi connectivity index (χ2n) is 16.9. The summed E-state index contributed by atoms with van der Waals surface area (Å²) in [6.45, 7) is 4.95. The van der Waals surface area contributed by atoms with Gasteiger partial charge in [0.15, 0.2) is 17.3 Å². The van der Waals surface area contributed by atoms with Crippen LogP contribution in [0.1, 0.15) is 98.3 Å². The molecular weight excluding hydrogens is 819 g/mol. The van der Waals surface area contributed by atoms with Gasteiger partial charge in [0.25, 0.3) is 0 Å². The van der Waals surface area contributed by atoms with Gasteiger partial charge in [0.2, 0.25) is 11.8 Å². The van der Waals surface area contributed by atoms with Gasteiger partial charge in [-0.15, -0.1) is 12.3 Å². The Bertz CT molecular complexity index is 2300. The summed E-state index contributed by atoms with van der Waals surface area (Å²) < 4.78 is 12.3. The molecule has 12 nitrogen and oxygen atoms in total. The zero-order chi connectivity index (χ0) is 46.9. The van der Waals surface area contributed by atoms with E-state index in [1.54, 1.807) is 50.4 Å². The largest absolute Gasteiger partial charge is 0.492 e.